The van der Waals surface area contributed by atoms with Gasteiger partial charge in [-0.15, -0.1) is 0 Å². The molecule has 2 atom stereocenters. The van der Waals surface area contributed by atoms with E-state index in [9.17, 15) is 4.79 Å². The average Bonchev–Trinajstić information content (AvgIpc) is 3.02. The van der Waals surface area contributed by atoms with E-state index >= 15 is 0 Å². The lowest BCUT2D eigenvalue weighted by Gasteiger charge is -2.24. The fourth-order valence-corrected chi connectivity index (χ4v) is 3.36. The van der Waals surface area contributed by atoms with Gasteiger partial charge in [0.1, 0.15) is 0 Å². The smallest absolute Gasteiger partial charge is 0.223 e. The Morgan fingerprint density at radius 1 is 1.11 bits per heavy atom. The van der Waals surface area contributed by atoms with Crippen LogP contribution in [0.3, 0.4) is 0 Å². The first-order valence-electron chi connectivity index (χ1n) is 9.24. The molecule has 0 bridgehead atoms. The van der Waals surface area contributed by atoms with Crippen LogP contribution in [-0.4, -0.2) is 26.2 Å². The van der Waals surface area contributed by atoms with E-state index in [2.05, 4.69) is 5.32 Å². The molecule has 0 saturated heterocycles. The Morgan fingerprint density at radius 2 is 1.78 bits per heavy atom. The van der Waals surface area contributed by atoms with Crippen LogP contribution < -0.4 is 14.8 Å². The van der Waals surface area contributed by atoms with Gasteiger partial charge >= 0.3 is 0 Å². The maximum Gasteiger partial charge on any atom is 0.223 e. The molecule has 0 aromatic heterocycles. The predicted octanol–water partition coefficient (Wildman–Crippen LogP) is 3.66. The minimum Gasteiger partial charge on any atom is -0.493 e. The number of benzene rings is 2. The third kappa shape index (κ3) is 4.25. The number of hydrogen-bond donors (Lipinski definition) is 1. The molecule has 0 saturated carbocycles. The zero-order valence-corrected chi connectivity index (χ0v) is 16.3. The van der Waals surface area contributed by atoms with Crippen molar-refractivity contribution in [3.63, 3.8) is 0 Å². The third-order valence-corrected chi connectivity index (χ3v) is 4.90. The van der Waals surface area contributed by atoms with Gasteiger partial charge in [-0.2, -0.15) is 0 Å². The van der Waals surface area contributed by atoms with Crippen molar-refractivity contribution in [2.45, 2.75) is 39.0 Å². The summed E-state index contributed by atoms with van der Waals surface area (Å²) in [5.41, 5.74) is 3.25. The molecule has 1 N–H and O–H groups in total. The fraction of sp³-hybridized carbons (Fsp3) is 0.409. The molecule has 0 unspecified atom stereocenters. The summed E-state index contributed by atoms with van der Waals surface area (Å²) in [4.78, 5) is 12.4. The van der Waals surface area contributed by atoms with E-state index in [1.165, 1.54) is 0 Å². The standard InChI is InChI=1S/C22H27NO4/c1-14(2)22(24)23-21-17-12-19(26-4)18(25-3)10-16(17)11-20(21)27-13-15-8-6-5-7-9-15/h5-10,12,14,20-21H,11,13H2,1-4H3,(H,23,24)/t20-,21-/m1/s1. The van der Waals surface area contributed by atoms with E-state index < -0.39 is 0 Å². The molecule has 1 aliphatic rings. The number of fused-ring (bicyclic) bond motifs is 1. The highest BCUT2D eigenvalue weighted by molar-refractivity contribution is 5.78. The molecule has 1 amide bonds. The number of carbonyl (C=O) groups excluding carboxylic acids is 1. The normalized spacial score (nSPS) is 18.3. The molecule has 3 rings (SSSR count). The van der Waals surface area contributed by atoms with Gasteiger partial charge in [0, 0.05) is 12.3 Å². The second kappa shape index (κ2) is 8.44. The minimum absolute atomic E-state index is 0.0101. The van der Waals surface area contributed by atoms with E-state index in [-0.39, 0.29) is 24.0 Å². The Balaban J connectivity index is 1.86. The van der Waals surface area contributed by atoms with Crippen LogP contribution in [0.2, 0.25) is 0 Å². The van der Waals surface area contributed by atoms with Crippen LogP contribution in [0, 0.1) is 5.92 Å². The van der Waals surface area contributed by atoms with E-state index in [1.807, 2.05) is 56.3 Å². The summed E-state index contributed by atoms with van der Waals surface area (Å²) < 4.78 is 17.1. The van der Waals surface area contributed by atoms with Crippen molar-refractivity contribution >= 4 is 5.91 Å². The van der Waals surface area contributed by atoms with Gasteiger partial charge in [-0.1, -0.05) is 44.2 Å². The van der Waals surface area contributed by atoms with Crippen LogP contribution in [0.15, 0.2) is 42.5 Å². The van der Waals surface area contributed by atoms with E-state index in [0.717, 1.165) is 16.7 Å². The minimum atomic E-state index is -0.210. The molecule has 2 aromatic rings. The van der Waals surface area contributed by atoms with E-state index in [4.69, 9.17) is 14.2 Å². The molecular weight excluding hydrogens is 342 g/mol. The molecule has 27 heavy (non-hydrogen) atoms. The molecule has 0 fully saturated rings. The predicted molar refractivity (Wildman–Crippen MR) is 104 cm³/mol. The first-order chi connectivity index (χ1) is 13.0. The van der Waals surface area contributed by atoms with Crippen LogP contribution in [0.4, 0.5) is 0 Å². The summed E-state index contributed by atoms with van der Waals surface area (Å²) in [6.07, 6.45) is 0.575. The first kappa shape index (κ1) is 19.2. The number of carbonyl (C=O) groups is 1. The molecule has 2 aromatic carbocycles. The maximum absolute atomic E-state index is 12.4. The van der Waals surface area contributed by atoms with Gasteiger partial charge in [0.05, 0.1) is 33.0 Å². The van der Waals surface area contributed by atoms with Crippen molar-refractivity contribution in [2.24, 2.45) is 5.92 Å². The largest absolute Gasteiger partial charge is 0.493 e. The molecule has 0 spiro atoms. The Labute approximate surface area is 160 Å². The van der Waals surface area contributed by atoms with Crippen LogP contribution >= 0.6 is 0 Å². The van der Waals surface area contributed by atoms with Gasteiger partial charge in [-0.3, -0.25) is 4.79 Å². The summed E-state index contributed by atoms with van der Waals surface area (Å²) in [6, 6.07) is 13.8. The number of ether oxygens (including phenoxy) is 3. The molecule has 0 radical (unpaired) electrons. The molecule has 1 aliphatic carbocycles. The molecule has 0 aliphatic heterocycles. The van der Waals surface area contributed by atoms with Gasteiger partial charge < -0.3 is 19.5 Å². The summed E-state index contributed by atoms with van der Waals surface area (Å²) in [7, 11) is 3.24. The zero-order valence-electron chi connectivity index (χ0n) is 16.3. The van der Waals surface area contributed by atoms with Crippen LogP contribution in [0.5, 0.6) is 11.5 Å². The number of amides is 1. The first-order valence-corrected chi connectivity index (χ1v) is 9.24. The summed E-state index contributed by atoms with van der Waals surface area (Å²) in [5.74, 6) is 1.26. The average molecular weight is 369 g/mol. The van der Waals surface area contributed by atoms with Crippen molar-refractivity contribution in [1.29, 1.82) is 0 Å². The molecule has 5 heteroatoms. The molecular formula is C22H27NO4. The van der Waals surface area contributed by atoms with Gasteiger partial charge in [0.15, 0.2) is 11.5 Å². The Hall–Kier alpha value is -2.53. The number of rotatable bonds is 7. The second-order valence-electron chi connectivity index (χ2n) is 7.09. The Bertz CT molecular complexity index is 788. The number of hydrogen-bond acceptors (Lipinski definition) is 4. The quantitative estimate of drug-likeness (QED) is 0.809. The van der Waals surface area contributed by atoms with Crippen molar-refractivity contribution in [3.05, 3.63) is 59.2 Å². The highest BCUT2D eigenvalue weighted by atomic mass is 16.5. The van der Waals surface area contributed by atoms with Crippen molar-refractivity contribution < 1.29 is 19.0 Å². The SMILES string of the molecule is COc1cc2c(cc1OC)[C@@H](NC(=O)C(C)C)[C@H](OCc1ccccc1)C2. The lowest BCUT2D eigenvalue weighted by Crippen LogP contribution is -2.37. The van der Waals surface area contributed by atoms with Gasteiger partial charge in [0.2, 0.25) is 5.91 Å². The van der Waals surface area contributed by atoms with Crippen molar-refractivity contribution in [2.75, 3.05) is 14.2 Å². The molecule has 144 valence electrons. The zero-order chi connectivity index (χ0) is 19.4. The van der Waals surface area contributed by atoms with E-state index in [0.29, 0.717) is 24.5 Å². The highest BCUT2D eigenvalue weighted by Gasteiger charge is 2.36. The summed E-state index contributed by atoms with van der Waals surface area (Å²) in [6.45, 7) is 4.28. The van der Waals surface area contributed by atoms with Crippen LogP contribution in [-0.2, 0) is 22.6 Å². The lowest BCUT2D eigenvalue weighted by atomic mass is 10.1. The monoisotopic (exact) mass is 369 g/mol. The fourth-order valence-electron chi connectivity index (χ4n) is 3.36. The summed E-state index contributed by atoms with van der Waals surface area (Å²) in [5, 5.41) is 3.15. The van der Waals surface area contributed by atoms with Gasteiger partial charge in [-0.25, -0.2) is 0 Å². The van der Waals surface area contributed by atoms with Crippen LogP contribution in [0.1, 0.15) is 36.6 Å². The van der Waals surface area contributed by atoms with Gasteiger partial charge in [-0.05, 0) is 28.8 Å². The third-order valence-electron chi connectivity index (χ3n) is 4.90. The maximum atomic E-state index is 12.4. The van der Waals surface area contributed by atoms with Crippen LogP contribution in [0.25, 0.3) is 0 Å². The second-order valence-corrected chi connectivity index (χ2v) is 7.09. The Kier molecular flexibility index (Phi) is 6.01. The van der Waals surface area contributed by atoms with E-state index in [1.54, 1.807) is 14.2 Å². The molecule has 0 heterocycles. The Morgan fingerprint density at radius 3 is 2.41 bits per heavy atom. The van der Waals surface area contributed by atoms with Gasteiger partial charge in [0.25, 0.3) is 0 Å². The summed E-state index contributed by atoms with van der Waals surface area (Å²) >= 11 is 0. The van der Waals surface area contributed by atoms with Crippen molar-refractivity contribution in [3.8, 4) is 11.5 Å². The van der Waals surface area contributed by atoms with Crippen molar-refractivity contribution in [1.82, 2.24) is 5.32 Å². The topological polar surface area (TPSA) is 56.8 Å². The number of methoxy groups -OCH3 is 2. The lowest BCUT2D eigenvalue weighted by molar-refractivity contribution is -0.126. The highest BCUT2D eigenvalue weighted by Crippen LogP contribution is 2.41. The molecule has 5 nitrogen and oxygen atoms in total. The number of nitrogens with one attached hydrogen (secondary N) is 1.